The SMILES string of the molecule is CCC(N)C(OC1CCCCC1C)c1cccs1. The van der Waals surface area contributed by atoms with E-state index in [9.17, 15) is 0 Å². The highest BCUT2D eigenvalue weighted by atomic mass is 32.1. The van der Waals surface area contributed by atoms with Crippen LogP contribution in [0.1, 0.15) is 56.9 Å². The Morgan fingerprint density at radius 3 is 2.83 bits per heavy atom. The first-order valence-electron chi connectivity index (χ1n) is 7.16. The number of hydrogen-bond donors (Lipinski definition) is 1. The van der Waals surface area contributed by atoms with Gasteiger partial charge >= 0.3 is 0 Å². The van der Waals surface area contributed by atoms with Crippen LogP contribution in [-0.4, -0.2) is 12.1 Å². The van der Waals surface area contributed by atoms with E-state index in [1.165, 1.54) is 30.6 Å². The van der Waals surface area contributed by atoms with Crippen molar-refractivity contribution in [2.75, 3.05) is 0 Å². The Morgan fingerprint density at radius 1 is 1.44 bits per heavy atom. The fraction of sp³-hybridized carbons (Fsp3) is 0.733. The van der Waals surface area contributed by atoms with Crippen molar-refractivity contribution >= 4 is 11.3 Å². The minimum atomic E-state index is 0.0838. The van der Waals surface area contributed by atoms with Crippen LogP contribution in [0.3, 0.4) is 0 Å². The molecule has 4 atom stereocenters. The molecule has 1 heterocycles. The molecule has 0 aromatic carbocycles. The third kappa shape index (κ3) is 3.34. The van der Waals surface area contributed by atoms with Crippen LogP contribution in [0.2, 0.25) is 0 Å². The molecule has 0 saturated heterocycles. The largest absolute Gasteiger partial charge is 0.368 e. The van der Waals surface area contributed by atoms with Crippen LogP contribution in [0.25, 0.3) is 0 Å². The van der Waals surface area contributed by atoms with Gasteiger partial charge in [-0.05, 0) is 36.6 Å². The van der Waals surface area contributed by atoms with Crippen molar-refractivity contribution in [3.63, 3.8) is 0 Å². The van der Waals surface area contributed by atoms with E-state index >= 15 is 0 Å². The van der Waals surface area contributed by atoms with E-state index in [0.717, 1.165) is 6.42 Å². The molecule has 0 spiro atoms. The standard InChI is InChI=1S/C15H25NOS/c1-3-12(16)15(14-9-6-10-18-14)17-13-8-5-4-7-11(13)2/h6,9-13,15H,3-5,7-8,16H2,1-2H3. The molecule has 1 fully saturated rings. The molecule has 4 unspecified atom stereocenters. The van der Waals surface area contributed by atoms with Gasteiger partial charge in [-0.1, -0.05) is 32.8 Å². The number of thiophene rings is 1. The van der Waals surface area contributed by atoms with E-state index in [4.69, 9.17) is 10.5 Å². The second-order valence-electron chi connectivity index (χ2n) is 5.44. The average Bonchev–Trinajstić information content (AvgIpc) is 2.90. The summed E-state index contributed by atoms with van der Waals surface area (Å²) in [4.78, 5) is 1.28. The highest BCUT2D eigenvalue weighted by Crippen LogP contribution is 2.34. The van der Waals surface area contributed by atoms with E-state index in [1.54, 1.807) is 11.3 Å². The molecule has 1 aromatic rings. The molecule has 1 saturated carbocycles. The summed E-state index contributed by atoms with van der Waals surface area (Å²) < 4.78 is 6.39. The lowest BCUT2D eigenvalue weighted by atomic mass is 9.87. The first-order chi connectivity index (χ1) is 8.72. The van der Waals surface area contributed by atoms with Gasteiger partial charge in [0.05, 0.1) is 6.10 Å². The summed E-state index contributed by atoms with van der Waals surface area (Å²) in [6, 6.07) is 4.35. The molecule has 3 heteroatoms. The predicted molar refractivity (Wildman–Crippen MR) is 77.8 cm³/mol. The van der Waals surface area contributed by atoms with Crippen molar-refractivity contribution in [1.82, 2.24) is 0 Å². The Labute approximate surface area is 115 Å². The van der Waals surface area contributed by atoms with Crippen molar-refractivity contribution in [3.8, 4) is 0 Å². The Morgan fingerprint density at radius 2 is 2.22 bits per heavy atom. The third-order valence-electron chi connectivity index (χ3n) is 4.04. The van der Waals surface area contributed by atoms with Crippen LogP contribution in [0.4, 0.5) is 0 Å². The summed E-state index contributed by atoms with van der Waals surface area (Å²) in [6.07, 6.45) is 6.58. The van der Waals surface area contributed by atoms with Gasteiger partial charge < -0.3 is 10.5 Å². The predicted octanol–water partition coefficient (Wildman–Crippen LogP) is 4.12. The van der Waals surface area contributed by atoms with Gasteiger partial charge in [0.1, 0.15) is 6.10 Å². The topological polar surface area (TPSA) is 35.2 Å². The van der Waals surface area contributed by atoms with Crippen LogP contribution >= 0.6 is 11.3 Å². The van der Waals surface area contributed by atoms with Crippen molar-refractivity contribution in [2.45, 2.75) is 64.2 Å². The van der Waals surface area contributed by atoms with Gasteiger partial charge in [0.15, 0.2) is 0 Å². The molecular weight excluding hydrogens is 242 g/mol. The quantitative estimate of drug-likeness (QED) is 0.871. The zero-order valence-electron chi connectivity index (χ0n) is 11.5. The summed E-state index contributed by atoms with van der Waals surface area (Å²) >= 11 is 1.76. The van der Waals surface area contributed by atoms with Gasteiger partial charge in [0.25, 0.3) is 0 Å². The van der Waals surface area contributed by atoms with Gasteiger partial charge in [0, 0.05) is 10.9 Å². The van der Waals surface area contributed by atoms with Gasteiger partial charge in [0.2, 0.25) is 0 Å². The lowest BCUT2D eigenvalue weighted by Gasteiger charge is -2.34. The number of hydrogen-bond acceptors (Lipinski definition) is 3. The highest BCUT2D eigenvalue weighted by molar-refractivity contribution is 7.10. The van der Waals surface area contributed by atoms with Crippen molar-refractivity contribution in [2.24, 2.45) is 11.7 Å². The lowest BCUT2D eigenvalue weighted by Crippen LogP contribution is -2.35. The van der Waals surface area contributed by atoms with Crippen LogP contribution < -0.4 is 5.73 Å². The molecule has 0 radical (unpaired) electrons. The molecule has 0 amide bonds. The molecule has 2 N–H and O–H groups in total. The van der Waals surface area contributed by atoms with Gasteiger partial charge in [-0.3, -0.25) is 0 Å². The van der Waals surface area contributed by atoms with Crippen LogP contribution in [0.5, 0.6) is 0 Å². The molecule has 2 nitrogen and oxygen atoms in total. The molecule has 1 aliphatic rings. The number of nitrogens with two attached hydrogens (primary N) is 1. The maximum Gasteiger partial charge on any atom is 0.107 e. The summed E-state index contributed by atoms with van der Waals surface area (Å²) in [5.41, 5.74) is 6.25. The van der Waals surface area contributed by atoms with Crippen LogP contribution in [0.15, 0.2) is 17.5 Å². The van der Waals surface area contributed by atoms with E-state index in [2.05, 4.69) is 31.4 Å². The molecular formula is C15H25NOS. The summed E-state index contributed by atoms with van der Waals surface area (Å²) in [5, 5.41) is 2.11. The fourth-order valence-corrected chi connectivity index (χ4v) is 3.55. The molecule has 1 aliphatic carbocycles. The Balaban J connectivity index is 2.05. The zero-order chi connectivity index (χ0) is 13.0. The average molecular weight is 267 g/mol. The van der Waals surface area contributed by atoms with Gasteiger partial charge in [-0.25, -0.2) is 0 Å². The van der Waals surface area contributed by atoms with Crippen molar-refractivity contribution < 1.29 is 4.74 Å². The number of rotatable bonds is 5. The second-order valence-corrected chi connectivity index (χ2v) is 6.42. The zero-order valence-corrected chi connectivity index (χ0v) is 12.3. The van der Waals surface area contributed by atoms with Gasteiger partial charge in [-0.2, -0.15) is 0 Å². The maximum absolute atomic E-state index is 6.39. The monoisotopic (exact) mass is 267 g/mol. The van der Waals surface area contributed by atoms with E-state index in [-0.39, 0.29) is 12.1 Å². The second kappa shape index (κ2) is 6.69. The maximum atomic E-state index is 6.39. The molecule has 1 aromatic heterocycles. The Bertz CT molecular complexity index is 338. The Kier molecular flexibility index (Phi) is 5.22. The van der Waals surface area contributed by atoms with Crippen molar-refractivity contribution in [3.05, 3.63) is 22.4 Å². The first-order valence-corrected chi connectivity index (χ1v) is 8.04. The van der Waals surface area contributed by atoms with Crippen LogP contribution in [0, 0.1) is 5.92 Å². The van der Waals surface area contributed by atoms with Gasteiger partial charge in [-0.15, -0.1) is 11.3 Å². The highest BCUT2D eigenvalue weighted by Gasteiger charge is 2.28. The summed E-state index contributed by atoms with van der Waals surface area (Å²) in [6.45, 7) is 4.45. The number of ether oxygens (including phenoxy) is 1. The minimum absolute atomic E-state index is 0.0838. The molecule has 2 rings (SSSR count). The normalized spacial score (nSPS) is 27.9. The lowest BCUT2D eigenvalue weighted by molar-refractivity contribution is -0.0662. The van der Waals surface area contributed by atoms with E-state index in [0.29, 0.717) is 12.0 Å². The first kappa shape index (κ1) is 14.0. The fourth-order valence-electron chi connectivity index (χ4n) is 2.72. The summed E-state index contributed by atoms with van der Waals surface area (Å²) in [7, 11) is 0. The molecule has 102 valence electrons. The van der Waals surface area contributed by atoms with Crippen LogP contribution in [-0.2, 0) is 4.74 Å². The minimum Gasteiger partial charge on any atom is -0.368 e. The smallest absolute Gasteiger partial charge is 0.107 e. The molecule has 18 heavy (non-hydrogen) atoms. The van der Waals surface area contributed by atoms with E-state index < -0.39 is 0 Å². The molecule has 0 aliphatic heterocycles. The third-order valence-corrected chi connectivity index (χ3v) is 4.97. The molecule has 0 bridgehead atoms. The van der Waals surface area contributed by atoms with Crippen molar-refractivity contribution in [1.29, 1.82) is 0 Å². The van der Waals surface area contributed by atoms with E-state index in [1.807, 2.05) is 0 Å². The summed E-state index contributed by atoms with van der Waals surface area (Å²) in [5.74, 6) is 0.672. The Hall–Kier alpha value is -0.380.